The maximum absolute atomic E-state index is 13.9. The second kappa shape index (κ2) is 4.41. The van der Waals surface area contributed by atoms with Crippen LogP contribution < -0.4 is 10.6 Å². The Bertz CT molecular complexity index is 424. The molecule has 0 radical (unpaired) electrons. The molecule has 0 bridgehead atoms. The summed E-state index contributed by atoms with van der Waals surface area (Å²) in [6.45, 7) is 1.56. The Balaban J connectivity index is 1.88. The summed E-state index contributed by atoms with van der Waals surface area (Å²) < 4.78 is 27.8. The van der Waals surface area contributed by atoms with E-state index in [9.17, 15) is 8.78 Å². The lowest BCUT2D eigenvalue weighted by molar-refractivity contribution is 0.299. The molecule has 1 saturated heterocycles. The van der Waals surface area contributed by atoms with Gasteiger partial charge in [0.1, 0.15) is 5.69 Å². The number of hydrogen-bond donors (Lipinski definition) is 1. The van der Waals surface area contributed by atoms with Gasteiger partial charge < -0.3 is 10.6 Å². The number of nitrogens with two attached hydrogens (primary N) is 1. The minimum Gasteiger partial charge on any atom is -0.399 e. The molecule has 2 nitrogen and oxygen atoms in total. The van der Waals surface area contributed by atoms with Gasteiger partial charge in [-0.1, -0.05) is 12.8 Å². The van der Waals surface area contributed by atoms with Crippen LogP contribution in [-0.4, -0.2) is 13.1 Å². The Morgan fingerprint density at radius 1 is 1.00 bits per heavy atom. The molecular formula is C14H18F2N2. The van der Waals surface area contributed by atoms with E-state index in [4.69, 9.17) is 5.73 Å². The third-order valence-electron chi connectivity index (χ3n) is 4.33. The fourth-order valence-corrected chi connectivity index (χ4v) is 3.48. The summed E-state index contributed by atoms with van der Waals surface area (Å²) in [5, 5.41) is 0. The van der Waals surface area contributed by atoms with E-state index in [1.54, 1.807) is 0 Å². The Kier molecular flexibility index (Phi) is 2.88. The molecule has 2 atom stereocenters. The van der Waals surface area contributed by atoms with Crippen molar-refractivity contribution in [1.82, 2.24) is 0 Å². The van der Waals surface area contributed by atoms with Gasteiger partial charge in [0.05, 0.1) is 0 Å². The first-order valence-corrected chi connectivity index (χ1v) is 6.64. The van der Waals surface area contributed by atoms with Crippen molar-refractivity contribution in [2.75, 3.05) is 23.7 Å². The van der Waals surface area contributed by atoms with Gasteiger partial charge in [0.15, 0.2) is 11.6 Å². The van der Waals surface area contributed by atoms with E-state index in [1.807, 2.05) is 4.90 Å². The van der Waals surface area contributed by atoms with E-state index in [2.05, 4.69) is 0 Å². The van der Waals surface area contributed by atoms with Gasteiger partial charge in [0.25, 0.3) is 0 Å². The molecular weight excluding hydrogens is 234 g/mol. The van der Waals surface area contributed by atoms with E-state index in [0.29, 0.717) is 11.8 Å². The van der Waals surface area contributed by atoms with Crippen LogP contribution >= 0.6 is 0 Å². The standard InChI is InChI=1S/C14H18F2N2/c15-12-5-11(17)6-13(16)14(12)18-7-9-3-1-2-4-10(9)8-18/h5-6,9-10H,1-4,7-8,17H2/t9-,10+. The molecule has 3 rings (SSSR count). The Morgan fingerprint density at radius 2 is 1.50 bits per heavy atom. The average molecular weight is 252 g/mol. The van der Waals surface area contributed by atoms with Gasteiger partial charge in [0, 0.05) is 18.8 Å². The summed E-state index contributed by atoms with van der Waals surface area (Å²) in [5.41, 5.74) is 5.70. The lowest BCUT2D eigenvalue weighted by Crippen LogP contribution is -2.22. The SMILES string of the molecule is Nc1cc(F)c(N2C[C@H]3CCCC[C@H]3C2)c(F)c1. The number of nitrogen functional groups attached to an aromatic ring is 1. The summed E-state index contributed by atoms with van der Waals surface area (Å²) >= 11 is 0. The van der Waals surface area contributed by atoms with Crippen LogP contribution in [-0.2, 0) is 0 Å². The van der Waals surface area contributed by atoms with Crippen molar-refractivity contribution in [3.63, 3.8) is 0 Å². The molecule has 1 saturated carbocycles. The number of halogens is 2. The smallest absolute Gasteiger partial charge is 0.151 e. The zero-order valence-electron chi connectivity index (χ0n) is 10.3. The molecule has 1 aromatic rings. The lowest BCUT2D eigenvalue weighted by atomic mass is 9.82. The quantitative estimate of drug-likeness (QED) is 0.778. The molecule has 2 fully saturated rings. The van der Waals surface area contributed by atoms with Gasteiger partial charge in [-0.05, 0) is 36.8 Å². The van der Waals surface area contributed by atoms with Crippen LogP contribution in [0.15, 0.2) is 12.1 Å². The van der Waals surface area contributed by atoms with Gasteiger partial charge in [-0.15, -0.1) is 0 Å². The largest absolute Gasteiger partial charge is 0.399 e. The molecule has 1 aliphatic carbocycles. The summed E-state index contributed by atoms with van der Waals surface area (Å²) in [6.07, 6.45) is 4.89. The molecule has 2 N–H and O–H groups in total. The van der Waals surface area contributed by atoms with Crippen molar-refractivity contribution < 1.29 is 8.78 Å². The van der Waals surface area contributed by atoms with Crippen molar-refractivity contribution in [2.24, 2.45) is 11.8 Å². The summed E-state index contributed by atoms with van der Waals surface area (Å²) in [5.74, 6) is 0.141. The predicted octanol–water partition coefficient (Wildman–Crippen LogP) is 3.17. The molecule has 1 heterocycles. The zero-order chi connectivity index (χ0) is 12.7. The third kappa shape index (κ3) is 1.93. The van der Waals surface area contributed by atoms with Crippen molar-refractivity contribution >= 4 is 11.4 Å². The van der Waals surface area contributed by atoms with Crippen molar-refractivity contribution in [2.45, 2.75) is 25.7 Å². The van der Waals surface area contributed by atoms with Crippen LogP contribution in [0.3, 0.4) is 0 Å². The first kappa shape index (κ1) is 11.8. The van der Waals surface area contributed by atoms with E-state index >= 15 is 0 Å². The highest BCUT2D eigenvalue weighted by molar-refractivity contribution is 5.56. The normalized spacial score (nSPS) is 27.3. The number of benzene rings is 1. The first-order chi connectivity index (χ1) is 8.65. The van der Waals surface area contributed by atoms with Crippen LogP contribution in [0.5, 0.6) is 0 Å². The highest BCUT2D eigenvalue weighted by atomic mass is 19.1. The molecule has 0 spiro atoms. The van der Waals surface area contributed by atoms with Crippen LogP contribution in [0.2, 0.25) is 0 Å². The van der Waals surface area contributed by atoms with Crippen LogP contribution in [0, 0.1) is 23.5 Å². The number of nitrogens with zero attached hydrogens (tertiary/aromatic N) is 1. The van der Waals surface area contributed by atoms with Crippen molar-refractivity contribution in [1.29, 1.82) is 0 Å². The number of hydrogen-bond acceptors (Lipinski definition) is 2. The monoisotopic (exact) mass is 252 g/mol. The molecule has 0 amide bonds. The maximum Gasteiger partial charge on any atom is 0.151 e. The second-order valence-corrected chi connectivity index (χ2v) is 5.54. The highest BCUT2D eigenvalue weighted by Gasteiger charge is 2.36. The lowest BCUT2D eigenvalue weighted by Gasteiger charge is -2.22. The highest BCUT2D eigenvalue weighted by Crippen LogP contribution is 2.39. The summed E-state index contributed by atoms with van der Waals surface area (Å²) in [4.78, 5) is 1.87. The third-order valence-corrected chi connectivity index (χ3v) is 4.33. The molecule has 4 heteroatoms. The zero-order valence-corrected chi connectivity index (χ0v) is 10.3. The van der Waals surface area contributed by atoms with Gasteiger partial charge in [-0.3, -0.25) is 0 Å². The van der Waals surface area contributed by atoms with Gasteiger partial charge in [0.2, 0.25) is 0 Å². The first-order valence-electron chi connectivity index (χ1n) is 6.64. The molecule has 1 aliphatic heterocycles. The van der Waals surface area contributed by atoms with E-state index in [1.165, 1.54) is 37.8 Å². The number of rotatable bonds is 1. The van der Waals surface area contributed by atoms with Gasteiger partial charge in [-0.2, -0.15) is 0 Å². The second-order valence-electron chi connectivity index (χ2n) is 5.54. The molecule has 1 aromatic carbocycles. The minimum absolute atomic E-state index is 0.110. The fourth-order valence-electron chi connectivity index (χ4n) is 3.48. The Labute approximate surface area is 106 Å². The van der Waals surface area contributed by atoms with Gasteiger partial charge in [-0.25, -0.2) is 8.78 Å². The summed E-state index contributed by atoms with van der Waals surface area (Å²) in [6, 6.07) is 2.42. The molecule has 98 valence electrons. The van der Waals surface area contributed by atoms with Gasteiger partial charge >= 0.3 is 0 Å². The van der Waals surface area contributed by atoms with Crippen LogP contribution in [0.25, 0.3) is 0 Å². The Hall–Kier alpha value is -1.32. The number of anilines is 2. The molecule has 0 aromatic heterocycles. The summed E-state index contributed by atoms with van der Waals surface area (Å²) in [7, 11) is 0. The Morgan fingerprint density at radius 3 is 2.00 bits per heavy atom. The molecule has 2 aliphatic rings. The predicted molar refractivity (Wildman–Crippen MR) is 68.4 cm³/mol. The molecule has 18 heavy (non-hydrogen) atoms. The van der Waals surface area contributed by atoms with Crippen LogP contribution in [0.4, 0.5) is 20.2 Å². The fraction of sp³-hybridized carbons (Fsp3) is 0.571. The van der Waals surface area contributed by atoms with E-state index < -0.39 is 11.6 Å². The minimum atomic E-state index is -0.536. The maximum atomic E-state index is 13.9. The molecule has 0 unspecified atom stereocenters. The number of fused-ring (bicyclic) bond motifs is 1. The van der Waals surface area contributed by atoms with Crippen molar-refractivity contribution in [3.05, 3.63) is 23.8 Å². The average Bonchev–Trinajstić information content (AvgIpc) is 2.70. The van der Waals surface area contributed by atoms with E-state index in [0.717, 1.165) is 13.1 Å². The van der Waals surface area contributed by atoms with Crippen molar-refractivity contribution in [3.8, 4) is 0 Å². The topological polar surface area (TPSA) is 29.3 Å². The van der Waals surface area contributed by atoms with E-state index in [-0.39, 0.29) is 11.4 Å². The van der Waals surface area contributed by atoms with Crippen LogP contribution in [0.1, 0.15) is 25.7 Å².